The average molecular weight is 318 g/mol. The number of amides is 3. The van der Waals surface area contributed by atoms with E-state index in [9.17, 15) is 9.59 Å². The van der Waals surface area contributed by atoms with Crippen LogP contribution in [0.2, 0.25) is 0 Å². The van der Waals surface area contributed by atoms with E-state index in [2.05, 4.69) is 5.32 Å². The summed E-state index contributed by atoms with van der Waals surface area (Å²) in [5.41, 5.74) is 1.01. The zero-order valence-electron chi connectivity index (χ0n) is 13.9. The lowest BCUT2D eigenvalue weighted by Gasteiger charge is -2.15. The lowest BCUT2D eigenvalue weighted by atomic mass is 10.1. The molecule has 0 aliphatic carbocycles. The minimum absolute atomic E-state index is 0.0851. The first-order valence-corrected chi connectivity index (χ1v) is 7.69. The third kappa shape index (κ3) is 3.64. The van der Waals surface area contributed by atoms with Crippen LogP contribution in [0.4, 0.5) is 4.79 Å². The van der Waals surface area contributed by atoms with E-state index >= 15 is 0 Å². The molecule has 1 aliphatic heterocycles. The van der Waals surface area contributed by atoms with Crippen LogP contribution in [0.5, 0.6) is 11.5 Å². The van der Waals surface area contributed by atoms with Gasteiger partial charge < -0.3 is 14.8 Å². The molecule has 1 fully saturated rings. The fraction of sp³-hybridized carbons (Fsp3) is 0.412. The number of rotatable bonds is 6. The first-order valence-electron chi connectivity index (χ1n) is 7.69. The highest BCUT2D eigenvalue weighted by Crippen LogP contribution is 2.30. The van der Waals surface area contributed by atoms with Crippen LogP contribution < -0.4 is 14.8 Å². The molecule has 6 nitrogen and oxygen atoms in total. The predicted molar refractivity (Wildman–Crippen MR) is 87.3 cm³/mol. The summed E-state index contributed by atoms with van der Waals surface area (Å²) >= 11 is 0. The van der Waals surface area contributed by atoms with E-state index in [-0.39, 0.29) is 17.7 Å². The molecule has 2 rings (SSSR count). The summed E-state index contributed by atoms with van der Waals surface area (Å²) in [5.74, 6) is 0.918. The standard InChI is InChI=1S/C17H22N2O4/c1-5-11(3)23-14-8-7-12(10-15(14)22-4)9-13-16(20)19(6-2)17(21)18-13/h7-11H,5-6H2,1-4H3,(H,18,21)/b13-9+/t11-/m0/s1. The number of carbonyl (C=O) groups excluding carboxylic acids is 2. The minimum Gasteiger partial charge on any atom is -0.493 e. The van der Waals surface area contributed by atoms with Crippen LogP contribution in [0.1, 0.15) is 32.8 Å². The third-order valence-corrected chi connectivity index (χ3v) is 3.68. The van der Waals surface area contributed by atoms with Gasteiger partial charge in [0.25, 0.3) is 5.91 Å². The molecule has 1 aliphatic rings. The van der Waals surface area contributed by atoms with Crippen LogP contribution in [-0.2, 0) is 4.79 Å². The summed E-state index contributed by atoms with van der Waals surface area (Å²) in [6, 6.07) is 5.00. The van der Waals surface area contributed by atoms with Crippen molar-refractivity contribution in [2.24, 2.45) is 0 Å². The number of nitrogens with one attached hydrogen (secondary N) is 1. The number of methoxy groups -OCH3 is 1. The SMILES string of the molecule is CC[C@H](C)Oc1ccc(/C=C2/NC(=O)N(CC)C2=O)cc1OC. The molecule has 124 valence electrons. The van der Waals surface area contributed by atoms with Crippen molar-refractivity contribution in [2.75, 3.05) is 13.7 Å². The number of nitrogens with zero attached hydrogens (tertiary/aromatic N) is 1. The number of likely N-dealkylation sites (N-methyl/N-ethyl adjacent to an activating group) is 1. The van der Waals surface area contributed by atoms with Gasteiger partial charge in [-0.05, 0) is 44.0 Å². The summed E-state index contributed by atoms with van der Waals surface area (Å²) in [4.78, 5) is 24.9. The molecule has 1 aromatic rings. The smallest absolute Gasteiger partial charge is 0.328 e. The lowest BCUT2D eigenvalue weighted by molar-refractivity contribution is -0.122. The maximum atomic E-state index is 12.1. The zero-order valence-corrected chi connectivity index (χ0v) is 13.9. The Morgan fingerprint density at radius 1 is 1.26 bits per heavy atom. The van der Waals surface area contributed by atoms with Crippen molar-refractivity contribution in [3.8, 4) is 11.5 Å². The highest BCUT2D eigenvalue weighted by atomic mass is 16.5. The topological polar surface area (TPSA) is 67.9 Å². The molecule has 1 N–H and O–H groups in total. The van der Waals surface area contributed by atoms with Crippen molar-refractivity contribution in [3.05, 3.63) is 29.5 Å². The van der Waals surface area contributed by atoms with Gasteiger partial charge in [0.1, 0.15) is 5.70 Å². The number of urea groups is 1. The molecular weight excluding hydrogens is 296 g/mol. The lowest BCUT2D eigenvalue weighted by Crippen LogP contribution is -2.30. The van der Waals surface area contributed by atoms with E-state index in [0.717, 1.165) is 16.9 Å². The Labute approximate surface area is 136 Å². The Kier molecular flexibility index (Phi) is 5.26. The van der Waals surface area contributed by atoms with Crippen LogP contribution >= 0.6 is 0 Å². The van der Waals surface area contributed by atoms with Crippen LogP contribution in [-0.4, -0.2) is 36.6 Å². The minimum atomic E-state index is -0.396. The quantitative estimate of drug-likeness (QED) is 0.647. The molecule has 0 aromatic heterocycles. The number of ether oxygens (including phenoxy) is 2. The van der Waals surface area contributed by atoms with Crippen molar-refractivity contribution < 1.29 is 19.1 Å². The van der Waals surface area contributed by atoms with Crippen molar-refractivity contribution >= 4 is 18.0 Å². The van der Waals surface area contributed by atoms with Crippen LogP contribution in [0, 0.1) is 0 Å². The van der Waals surface area contributed by atoms with Crippen molar-refractivity contribution in [2.45, 2.75) is 33.3 Å². The van der Waals surface area contributed by atoms with E-state index < -0.39 is 6.03 Å². The summed E-state index contributed by atoms with van der Waals surface area (Å²) in [6.07, 6.45) is 2.61. The fourth-order valence-corrected chi connectivity index (χ4v) is 2.20. The van der Waals surface area contributed by atoms with Crippen molar-refractivity contribution in [1.82, 2.24) is 10.2 Å². The normalized spacial score (nSPS) is 17.4. The number of benzene rings is 1. The number of hydrogen-bond acceptors (Lipinski definition) is 4. The predicted octanol–water partition coefficient (Wildman–Crippen LogP) is 2.79. The zero-order chi connectivity index (χ0) is 17.0. The molecule has 0 bridgehead atoms. The highest BCUT2D eigenvalue weighted by molar-refractivity contribution is 6.13. The van der Waals surface area contributed by atoms with Crippen molar-refractivity contribution in [1.29, 1.82) is 0 Å². The molecule has 1 saturated heterocycles. The first-order chi connectivity index (χ1) is 11.0. The summed E-state index contributed by atoms with van der Waals surface area (Å²) in [6.45, 7) is 6.13. The Morgan fingerprint density at radius 3 is 2.57 bits per heavy atom. The summed E-state index contributed by atoms with van der Waals surface area (Å²) < 4.78 is 11.1. The molecule has 0 spiro atoms. The van der Waals surface area contributed by atoms with E-state index in [4.69, 9.17) is 9.47 Å². The third-order valence-electron chi connectivity index (χ3n) is 3.68. The summed E-state index contributed by atoms with van der Waals surface area (Å²) in [7, 11) is 1.57. The Bertz CT molecular complexity index is 639. The van der Waals surface area contributed by atoms with E-state index in [1.807, 2.05) is 19.9 Å². The van der Waals surface area contributed by atoms with Gasteiger partial charge in [-0.3, -0.25) is 9.69 Å². The Hall–Kier alpha value is -2.50. The largest absolute Gasteiger partial charge is 0.493 e. The van der Waals surface area contributed by atoms with Gasteiger partial charge in [0.15, 0.2) is 11.5 Å². The number of carbonyl (C=O) groups is 2. The summed E-state index contributed by atoms with van der Waals surface area (Å²) in [5, 5.41) is 2.57. The fourth-order valence-electron chi connectivity index (χ4n) is 2.20. The maximum Gasteiger partial charge on any atom is 0.328 e. The molecule has 23 heavy (non-hydrogen) atoms. The van der Waals surface area contributed by atoms with Gasteiger partial charge in [-0.2, -0.15) is 0 Å². The second-order valence-electron chi connectivity index (χ2n) is 5.28. The molecule has 0 unspecified atom stereocenters. The Balaban J connectivity index is 2.26. The molecule has 0 radical (unpaired) electrons. The number of hydrogen-bond donors (Lipinski definition) is 1. The van der Waals surface area contributed by atoms with Gasteiger partial charge in [-0.25, -0.2) is 4.79 Å². The molecular formula is C17H22N2O4. The molecule has 3 amide bonds. The van der Waals surface area contributed by atoms with Crippen LogP contribution in [0.3, 0.4) is 0 Å². The monoisotopic (exact) mass is 318 g/mol. The average Bonchev–Trinajstić information content (AvgIpc) is 2.81. The maximum absolute atomic E-state index is 12.1. The first kappa shape index (κ1) is 16.9. The van der Waals surface area contributed by atoms with Crippen LogP contribution in [0.25, 0.3) is 6.08 Å². The van der Waals surface area contributed by atoms with Gasteiger partial charge in [-0.1, -0.05) is 13.0 Å². The van der Waals surface area contributed by atoms with Gasteiger partial charge >= 0.3 is 6.03 Å². The van der Waals surface area contributed by atoms with Crippen molar-refractivity contribution in [3.63, 3.8) is 0 Å². The molecule has 6 heteroatoms. The van der Waals surface area contributed by atoms with Crippen LogP contribution in [0.15, 0.2) is 23.9 Å². The highest BCUT2D eigenvalue weighted by Gasteiger charge is 2.31. The second-order valence-corrected chi connectivity index (χ2v) is 5.28. The van der Waals surface area contributed by atoms with E-state index in [1.165, 1.54) is 0 Å². The van der Waals surface area contributed by atoms with Gasteiger partial charge in [0, 0.05) is 6.54 Å². The molecule has 1 heterocycles. The van der Waals surface area contributed by atoms with E-state index in [1.54, 1.807) is 32.2 Å². The van der Waals surface area contributed by atoms with Gasteiger partial charge in [0.05, 0.1) is 13.2 Å². The number of imide groups is 1. The van der Waals surface area contributed by atoms with Gasteiger partial charge in [-0.15, -0.1) is 0 Å². The van der Waals surface area contributed by atoms with E-state index in [0.29, 0.717) is 18.0 Å². The molecule has 1 aromatic carbocycles. The second kappa shape index (κ2) is 7.17. The Morgan fingerprint density at radius 2 is 2.00 bits per heavy atom. The molecule has 0 saturated carbocycles. The van der Waals surface area contributed by atoms with Gasteiger partial charge in [0.2, 0.25) is 0 Å². The molecule has 1 atom stereocenters.